The van der Waals surface area contributed by atoms with Crippen molar-refractivity contribution in [3.05, 3.63) is 28.7 Å². The number of nitrogens with one attached hydrogen (secondary N) is 1. The molecule has 0 saturated carbocycles. The number of hydrogen-bond acceptors (Lipinski definition) is 4. The number of rotatable bonds is 7. The van der Waals surface area contributed by atoms with Gasteiger partial charge in [-0.05, 0) is 24.6 Å². The lowest BCUT2D eigenvalue weighted by atomic mass is 10.2. The zero-order valence-corrected chi connectivity index (χ0v) is 12.5. The van der Waals surface area contributed by atoms with Gasteiger partial charge in [0.2, 0.25) is 10.0 Å². The number of sulfonamides is 1. The molecule has 0 amide bonds. The number of carbonyl (C=O) groups is 2. The fourth-order valence-electron chi connectivity index (χ4n) is 1.39. The zero-order chi connectivity index (χ0) is 15.3. The molecule has 1 aromatic rings. The van der Waals surface area contributed by atoms with Gasteiger partial charge in [0.05, 0.1) is 4.90 Å². The molecule has 0 aromatic heterocycles. The lowest BCUT2D eigenvalue weighted by Gasteiger charge is -2.14. The summed E-state index contributed by atoms with van der Waals surface area (Å²) >= 11 is 3.11. The highest BCUT2D eigenvalue weighted by atomic mass is 79.9. The lowest BCUT2D eigenvalue weighted by Crippen LogP contribution is -2.41. The van der Waals surface area contributed by atoms with Crippen molar-refractivity contribution in [3.63, 3.8) is 0 Å². The maximum atomic E-state index is 12.0. The van der Waals surface area contributed by atoms with Crippen LogP contribution in [-0.2, 0) is 19.6 Å². The molecule has 0 aliphatic carbocycles. The molecule has 0 fully saturated rings. The molecule has 1 atom stereocenters. The number of halogens is 1. The second-order valence-electron chi connectivity index (χ2n) is 3.90. The third kappa shape index (κ3) is 4.91. The quantitative estimate of drug-likeness (QED) is 0.663. The fourth-order valence-corrected chi connectivity index (χ4v) is 3.21. The maximum Gasteiger partial charge on any atom is 0.321 e. The SMILES string of the molecule is O=C(O)CCC(NS(=O)(=O)c1cccc(Br)c1)C(=O)O. The average molecular weight is 366 g/mol. The summed E-state index contributed by atoms with van der Waals surface area (Å²) in [6, 6.07) is 4.25. The molecule has 1 aromatic carbocycles. The van der Waals surface area contributed by atoms with Crippen molar-refractivity contribution < 1.29 is 28.2 Å². The summed E-state index contributed by atoms with van der Waals surface area (Å²) in [6.45, 7) is 0. The van der Waals surface area contributed by atoms with Crippen LogP contribution in [0.15, 0.2) is 33.6 Å². The van der Waals surface area contributed by atoms with E-state index >= 15 is 0 Å². The van der Waals surface area contributed by atoms with E-state index in [0.29, 0.717) is 4.47 Å². The number of hydrogen-bond donors (Lipinski definition) is 3. The molecular weight excluding hydrogens is 354 g/mol. The summed E-state index contributed by atoms with van der Waals surface area (Å²) in [5, 5.41) is 17.4. The minimum absolute atomic E-state index is 0.103. The Morgan fingerprint density at radius 2 is 1.95 bits per heavy atom. The van der Waals surface area contributed by atoms with Crippen LogP contribution in [-0.4, -0.2) is 36.6 Å². The molecule has 0 spiro atoms. The molecule has 0 aliphatic rings. The number of carboxylic acid groups (broad SMARTS) is 2. The Kier molecular flexibility index (Phi) is 5.66. The molecule has 7 nitrogen and oxygen atoms in total. The summed E-state index contributed by atoms with van der Waals surface area (Å²) in [5.74, 6) is -2.62. The third-order valence-corrected chi connectivity index (χ3v) is 4.31. The molecule has 1 unspecified atom stereocenters. The van der Waals surface area contributed by atoms with Crippen LogP contribution in [0.4, 0.5) is 0 Å². The van der Waals surface area contributed by atoms with Crippen LogP contribution in [0.5, 0.6) is 0 Å². The van der Waals surface area contributed by atoms with Crippen molar-refractivity contribution in [2.24, 2.45) is 0 Å². The van der Waals surface area contributed by atoms with Gasteiger partial charge in [0.25, 0.3) is 0 Å². The molecular formula is C11H12BrNO6S. The van der Waals surface area contributed by atoms with E-state index in [2.05, 4.69) is 15.9 Å². The van der Waals surface area contributed by atoms with Crippen molar-refractivity contribution >= 4 is 37.9 Å². The van der Waals surface area contributed by atoms with Crippen LogP contribution in [0.25, 0.3) is 0 Å². The highest BCUT2D eigenvalue weighted by molar-refractivity contribution is 9.10. The molecule has 110 valence electrons. The second-order valence-corrected chi connectivity index (χ2v) is 6.53. The van der Waals surface area contributed by atoms with Crippen LogP contribution >= 0.6 is 15.9 Å². The van der Waals surface area contributed by atoms with E-state index in [1.165, 1.54) is 18.2 Å². The first-order chi connectivity index (χ1) is 9.22. The fraction of sp³-hybridized carbons (Fsp3) is 0.273. The second kappa shape index (κ2) is 6.82. The van der Waals surface area contributed by atoms with Crippen LogP contribution in [0.3, 0.4) is 0 Å². The lowest BCUT2D eigenvalue weighted by molar-refractivity contribution is -0.140. The Labute approximate surface area is 123 Å². The standard InChI is InChI=1S/C11H12BrNO6S/c12-7-2-1-3-8(6-7)20(18,19)13-9(11(16)17)4-5-10(14)15/h1-3,6,9,13H,4-5H2,(H,14,15)(H,16,17). The van der Waals surface area contributed by atoms with E-state index in [-0.39, 0.29) is 11.3 Å². The van der Waals surface area contributed by atoms with Gasteiger partial charge in [-0.15, -0.1) is 0 Å². The van der Waals surface area contributed by atoms with E-state index in [1.807, 2.05) is 4.72 Å². The van der Waals surface area contributed by atoms with Crippen molar-refractivity contribution in [2.75, 3.05) is 0 Å². The summed E-state index contributed by atoms with van der Waals surface area (Å²) in [7, 11) is -4.03. The van der Waals surface area contributed by atoms with Crippen LogP contribution in [0, 0.1) is 0 Å². The smallest absolute Gasteiger partial charge is 0.321 e. The predicted octanol–water partition coefficient (Wildman–Crippen LogP) is 1.05. The number of aliphatic carboxylic acids is 2. The Morgan fingerprint density at radius 3 is 2.45 bits per heavy atom. The van der Waals surface area contributed by atoms with Gasteiger partial charge < -0.3 is 10.2 Å². The Balaban J connectivity index is 2.91. The number of benzene rings is 1. The van der Waals surface area contributed by atoms with E-state index in [1.54, 1.807) is 6.07 Å². The molecule has 0 heterocycles. The van der Waals surface area contributed by atoms with E-state index in [4.69, 9.17) is 10.2 Å². The van der Waals surface area contributed by atoms with Gasteiger partial charge in [-0.1, -0.05) is 22.0 Å². The van der Waals surface area contributed by atoms with E-state index in [0.717, 1.165) is 0 Å². The van der Waals surface area contributed by atoms with Crippen molar-refractivity contribution in [3.8, 4) is 0 Å². The molecule has 0 radical (unpaired) electrons. The minimum atomic E-state index is -4.03. The predicted molar refractivity (Wildman–Crippen MR) is 72.8 cm³/mol. The maximum absolute atomic E-state index is 12.0. The normalized spacial score (nSPS) is 12.8. The molecule has 9 heteroatoms. The first-order valence-electron chi connectivity index (χ1n) is 5.45. The molecule has 0 bridgehead atoms. The van der Waals surface area contributed by atoms with Crippen LogP contribution in [0.1, 0.15) is 12.8 Å². The Hall–Kier alpha value is -1.45. The molecule has 0 saturated heterocycles. The monoisotopic (exact) mass is 365 g/mol. The third-order valence-electron chi connectivity index (χ3n) is 2.35. The van der Waals surface area contributed by atoms with Gasteiger partial charge in [-0.25, -0.2) is 8.42 Å². The zero-order valence-electron chi connectivity index (χ0n) is 10.1. The Bertz CT molecular complexity index is 615. The average Bonchev–Trinajstić information content (AvgIpc) is 2.34. The minimum Gasteiger partial charge on any atom is -0.481 e. The topological polar surface area (TPSA) is 121 Å². The van der Waals surface area contributed by atoms with Gasteiger partial charge in [-0.3, -0.25) is 9.59 Å². The van der Waals surface area contributed by atoms with Gasteiger partial charge >= 0.3 is 11.9 Å². The van der Waals surface area contributed by atoms with Gasteiger partial charge in [0, 0.05) is 10.9 Å². The Morgan fingerprint density at radius 1 is 1.30 bits per heavy atom. The van der Waals surface area contributed by atoms with E-state index in [9.17, 15) is 18.0 Å². The summed E-state index contributed by atoms with van der Waals surface area (Å²) in [5.41, 5.74) is 0. The highest BCUT2D eigenvalue weighted by Crippen LogP contribution is 2.16. The van der Waals surface area contributed by atoms with Crippen molar-refractivity contribution in [1.29, 1.82) is 0 Å². The van der Waals surface area contributed by atoms with Crippen LogP contribution in [0.2, 0.25) is 0 Å². The van der Waals surface area contributed by atoms with E-state index < -0.39 is 34.4 Å². The van der Waals surface area contributed by atoms with Crippen molar-refractivity contribution in [2.45, 2.75) is 23.8 Å². The summed E-state index contributed by atoms with van der Waals surface area (Å²) < 4.78 is 26.5. The van der Waals surface area contributed by atoms with Crippen LogP contribution < -0.4 is 4.72 Å². The highest BCUT2D eigenvalue weighted by Gasteiger charge is 2.25. The number of carboxylic acids is 2. The summed E-state index contributed by atoms with van der Waals surface area (Å²) in [4.78, 5) is 21.3. The summed E-state index contributed by atoms with van der Waals surface area (Å²) in [6.07, 6.45) is -0.782. The first-order valence-corrected chi connectivity index (χ1v) is 7.72. The molecule has 3 N–H and O–H groups in total. The van der Waals surface area contributed by atoms with Gasteiger partial charge in [-0.2, -0.15) is 4.72 Å². The van der Waals surface area contributed by atoms with Gasteiger partial charge in [0.1, 0.15) is 6.04 Å². The molecule has 20 heavy (non-hydrogen) atoms. The van der Waals surface area contributed by atoms with Gasteiger partial charge in [0.15, 0.2) is 0 Å². The molecule has 0 aliphatic heterocycles. The first kappa shape index (κ1) is 16.6. The largest absolute Gasteiger partial charge is 0.481 e. The molecule has 1 rings (SSSR count). The van der Waals surface area contributed by atoms with Crippen molar-refractivity contribution in [1.82, 2.24) is 4.72 Å².